The van der Waals surface area contributed by atoms with Crippen LogP contribution in [0.5, 0.6) is 0 Å². The Balaban J connectivity index is 1.67. The van der Waals surface area contributed by atoms with Gasteiger partial charge < -0.3 is 5.32 Å². The summed E-state index contributed by atoms with van der Waals surface area (Å²) in [6, 6.07) is 8.06. The van der Waals surface area contributed by atoms with Gasteiger partial charge in [0.25, 0.3) is 0 Å². The number of nitrogens with one attached hydrogen (secondary N) is 2. The van der Waals surface area contributed by atoms with Gasteiger partial charge in [-0.3, -0.25) is 10.2 Å². The zero-order valence-electron chi connectivity index (χ0n) is 10.5. The fraction of sp³-hybridized carbons (Fsp3) is 0.500. The van der Waals surface area contributed by atoms with Crippen LogP contribution in [0.3, 0.4) is 0 Å². The summed E-state index contributed by atoms with van der Waals surface area (Å²) in [7, 11) is 0. The first kappa shape index (κ1) is 11.5. The predicted molar refractivity (Wildman–Crippen MR) is 71.2 cm³/mol. The Bertz CT molecular complexity index is 440. The summed E-state index contributed by atoms with van der Waals surface area (Å²) >= 11 is 0. The molecular formula is C14H19N3O. The van der Waals surface area contributed by atoms with E-state index in [2.05, 4.69) is 15.8 Å². The van der Waals surface area contributed by atoms with E-state index in [0.29, 0.717) is 6.54 Å². The van der Waals surface area contributed by atoms with E-state index >= 15 is 0 Å². The lowest BCUT2D eigenvalue weighted by molar-refractivity contribution is -0.127. The number of carbonyl (C=O) groups is 1. The van der Waals surface area contributed by atoms with Crippen molar-refractivity contribution in [3.8, 4) is 0 Å². The number of hydrogen-bond donors (Lipinski definition) is 2. The van der Waals surface area contributed by atoms with Crippen LogP contribution < -0.4 is 10.7 Å². The fourth-order valence-electron chi connectivity index (χ4n) is 2.76. The SMILES string of the molecule is O=C(NN1CCCCC1)C1CNc2ccccc21. The molecule has 0 aliphatic carbocycles. The highest BCUT2D eigenvalue weighted by molar-refractivity contribution is 5.87. The van der Waals surface area contributed by atoms with Gasteiger partial charge in [-0.05, 0) is 24.5 Å². The Kier molecular flexibility index (Phi) is 3.19. The molecule has 1 amide bonds. The Morgan fingerprint density at radius 2 is 2.00 bits per heavy atom. The zero-order valence-corrected chi connectivity index (χ0v) is 10.5. The van der Waals surface area contributed by atoms with E-state index in [1.54, 1.807) is 0 Å². The van der Waals surface area contributed by atoms with Crippen molar-refractivity contribution in [2.75, 3.05) is 25.0 Å². The van der Waals surface area contributed by atoms with Gasteiger partial charge in [0.15, 0.2) is 0 Å². The lowest BCUT2D eigenvalue weighted by atomic mass is 10.0. The quantitative estimate of drug-likeness (QED) is 0.833. The molecule has 4 nitrogen and oxygen atoms in total. The summed E-state index contributed by atoms with van der Waals surface area (Å²) in [5, 5.41) is 5.35. The number of anilines is 1. The summed E-state index contributed by atoms with van der Waals surface area (Å²) in [6.07, 6.45) is 3.64. The molecule has 96 valence electrons. The van der Waals surface area contributed by atoms with Gasteiger partial charge in [-0.25, -0.2) is 5.01 Å². The van der Waals surface area contributed by atoms with E-state index in [0.717, 1.165) is 24.3 Å². The minimum absolute atomic E-state index is 0.0527. The summed E-state index contributed by atoms with van der Waals surface area (Å²) < 4.78 is 0. The molecule has 4 heteroatoms. The number of hydrazine groups is 1. The molecule has 1 aromatic rings. The van der Waals surface area contributed by atoms with E-state index in [1.165, 1.54) is 19.3 Å². The third kappa shape index (κ3) is 2.20. The van der Waals surface area contributed by atoms with Crippen molar-refractivity contribution in [3.63, 3.8) is 0 Å². The van der Waals surface area contributed by atoms with Crippen LogP contribution in [-0.4, -0.2) is 30.6 Å². The average Bonchev–Trinajstić information content (AvgIpc) is 2.84. The summed E-state index contributed by atoms with van der Waals surface area (Å²) in [6.45, 7) is 2.67. The molecule has 2 N–H and O–H groups in total. The van der Waals surface area contributed by atoms with Gasteiger partial charge in [-0.2, -0.15) is 0 Å². The molecule has 0 radical (unpaired) electrons. The highest BCUT2D eigenvalue weighted by Gasteiger charge is 2.29. The molecule has 1 saturated heterocycles. The maximum absolute atomic E-state index is 12.3. The normalized spacial score (nSPS) is 23.2. The molecule has 2 heterocycles. The van der Waals surface area contributed by atoms with Crippen LogP contribution >= 0.6 is 0 Å². The molecule has 2 aliphatic heterocycles. The molecule has 0 spiro atoms. The number of amides is 1. The van der Waals surface area contributed by atoms with Gasteiger partial charge in [0, 0.05) is 25.3 Å². The minimum atomic E-state index is -0.0527. The minimum Gasteiger partial charge on any atom is -0.384 e. The lowest BCUT2D eigenvalue weighted by Gasteiger charge is -2.28. The van der Waals surface area contributed by atoms with Crippen molar-refractivity contribution in [3.05, 3.63) is 29.8 Å². The molecule has 18 heavy (non-hydrogen) atoms. The van der Waals surface area contributed by atoms with Crippen molar-refractivity contribution in [2.45, 2.75) is 25.2 Å². The first-order valence-electron chi connectivity index (χ1n) is 6.73. The maximum atomic E-state index is 12.3. The molecule has 1 aromatic carbocycles. The number of nitrogens with zero attached hydrogens (tertiary/aromatic N) is 1. The highest BCUT2D eigenvalue weighted by Crippen LogP contribution is 2.31. The van der Waals surface area contributed by atoms with Crippen LogP contribution in [0.2, 0.25) is 0 Å². The zero-order chi connectivity index (χ0) is 12.4. The average molecular weight is 245 g/mol. The first-order valence-corrected chi connectivity index (χ1v) is 6.73. The van der Waals surface area contributed by atoms with Crippen molar-refractivity contribution < 1.29 is 4.79 Å². The second-order valence-electron chi connectivity index (χ2n) is 5.04. The second kappa shape index (κ2) is 4.98. The standard InChI is InChI=1S/C14H19N3O/c18-14(16-17-8-4-1-5-9-17)12-10-15-13-7-3-2-6-11(12)13/h2-3,6-7,12,15H,1,4-5,8-10H2,(H,16,18). The molecule has 1 fully saturated rings. The Morgan fingerprint density at radius 1 is 1.22 bits per heavy atom. The summed E-state index contributed by atoms with van der Waals surface area (Å²) in [5.41, 5.74) is 5.27. The van der Waals surface area contributed by atoms with Gasteiger partial charge >= 0.3 is 0 Å². The van der Waals surface area contributed by atoms with Crippen LogP contribution in [0.25, 0.3) is 0 Å². The number of piperidine rings is 1. The first-order chi connectivity index (χ1) is 8.84. The highest BCUT2D eigenvalue weighted by atomic mass is 16.2. The Hall–Kier alpha value is -1.55. The van der Waals surface area contributed by atoms with Crippen molar-refractivity contribution >= 4 is 11.6 Å². The molecule has 1 atom stereocenters. The van der Waals surface area contributed by atoms with Crippen LogP contribution in [0.15, 0.2) is 24.3 Å². The number of fused-ring (bicyclic) bond motifs is 1. The van der Waals surface area contributed by atoms with Gasteiger partial charge in [0.1, 0.15) is 0 Å². The van der Waals surface area contributed by atoms with Crippen molar-refractivity contribution in [2.24, 2.45) is 0 Å². The molecular weight excluding hydrogens is 226 g/mol. The third-order valence-corrected chi connectivity index (χ3v) is 3.77. The number of para-hydroxylation sites is 1. The van der Waals surface area contributed by atoms with Gasteiger partial charge in [0.05, 0.1) is 5.92 Å². The Morgan fingerprint density at radius 3 is 2.83 bits per heavy atom. The third-order valence-electron chi connectivity index (χ3n) is 3.77. The molecule has 0 aromatic heterocycles. The largest absolute Gasteiger partial charge is 0.384 e. The second-order valence-corrected chi connectivity index (χ2v) is 5.04. The van der Waals surface area contributed by atoms with Crippen LogP contribution in [0, 0.1) is 0 Å². The van der Waals surface area contributed by atoms with E-state index in [4.69, 9.17) is 0 Å². The van der Waals surface area contributed by atoms with E-state index in [9.17, 15) is 4.79 Å². The van der Waals surface area contributed by atoms with Crippen LogP contribution in [0.1, 0.15) is 30.7 Å². The molecule has 3 rings (SSSR count). The van der Waals surface area contributed by atoms with Gasteiger partial charge in [0.2, 0.25) is 5.91 Å². The molecule has 0 saturated carbocycles. The molecule has 1 unspecified atom stereocenters. The van der Waals surface area contributed by atoms with Crippen LogP contribution in [0.4, 0.5) is 5.69 Å². The number of benzene rings is 1. The smallest absolute Gasteiger partial charge is 0.243 e. The van der Waals surface area contributed by atoms with E-state index in [-0.39, 0.29) is 11.8 Å². The summed E-state index contributed by atoms with van der Waals surface area (Å²) in [4.78, 5) is 12.3. The monoisotopic (exact) mass is 245 g/mol. The number of carbonyl (C=O) groups excluding carboxylic acids is 1. The predicted octanol–water partition coefficient (Wildman–Crippen LogP) is 1.71. The van der Waals surface area contributed by atoms with Crippen molar-refractivity contribution in [1.29, 1.82) is 0 Å². The maximum Gasteiger partial charge on any atom is 0.243 e. The van der Waals surface area contributed by atoms with Crippen molar-refractivity contribution in [1.82, 2.24) is 10.4 Å². The van der Waals surface area contributed by atoms with E-state index < -0.39 is 0 Å². The molecule has 2 aliphatic rings. The Labute approximate surface area is 107 Å². The van der Waals surface area contributed by atoms with Gasteiger partial charge in [-0.15, -0.1) is 0 Å². The molecule has 0 bridgehead atoms. The number of rotatable bonds is 2. The van der Waals surface area contributed by atoms with Crippen LogP contribution in [-0.2, 0) is 4.79 Å². The number of hydrogen-bond acceptors (Lipinski definition) is 3. The summed E-state index contributed by atoms with van der Waals surface area (Å²) in [5.74, 6) is 0.0671. The fourth-order valence-corrected chi connectivity index (χ4v) is 2.76. The topological polar surface area (TPSA) is 44.4 Å². The lowest BCUT2D eigenvalue weighted by Crippen LogP contribution is -2.47. The van der Waals surface area contributed by atoms with E-state index in [1.807, 2.05) is 24.3 Å². The van der Waals surface area contributed by atoms with Gasteiger partial charge in [-0.1, -0.05) is 24.6 Å².